The molecule has 27 heavy (non-hydrogen) atoms. The minimum Gasteiger partial charge on any atom is -0.496 e. The van der Waals surface area contributed by atoms with Crippen LogP contribution in [0.2, 0.25) is 0 Å². The van der Waals surface area contributed by atoms with Gasteiger partial charge in [0.1, 0.15) is 17.0 Å². The Hall–Kier alpha value is -3.12. The van der Waals surface area contributed by atoms with Crippen molar-refractivity contribution in [2.75, 3.05) is 19.0 Å². The van der Waals surface area contributed by atoms with Crippen LogP contribution in [0.15, 0.2) is 54.6 Å². The summed E-state index contributed by atoms with van der Waals surface area (Å²) in [6.07, 6.45) is 0. The Morgan fingerprint density at radius 2 is 1.85 bits per heavy atom. The molecule has 0 atom stereocenters. The van der Waals surface area contributed by atoms with Crippen molar-refractivity contribution < 1.29 is 14.3 Å². The Bertz CT molecular complexity index is 1140. The van der Waals surface area contributed by atoms with Gasteiger partial charge in [-0.3, -0.25) is 10.1 Å². The number of fused-ring (bicyclic) bond motifs is 2. The number of rotatable bonds is 5. The van der Waals surface area contributed by atoms with Crippen molar-refractivity contribution in [1.82, 2.24) is 4.98 Å². The van der Waals surface area contributed by atoms with E-state index >= 15 is 0 Å². The highest BCUT2D eigenvalue weighted by molar-refractivity contribution is 7.22. The number of carbonyl (C=O) groups excluding carboxylic acids is 1. The fourth-order valence-electron chi connectivity index (χ4n) is 2.98. The van der Waals surface area contributed by atoms with Gasteiger partial charge in [0.25, 0.3) is 5.91 Å². The third-order valence-corrected chi connectivity index (χ3v) is 5.15. The zero-order valence-electron chi connectivity index (χ0n) is 15.0. The molecule has 6 heteroatoms. The number of aromatic nitrogens is 1. The molecule has 5 nitrogen and oxygen atoms in total. The average Bonchev–Trinajstić information content (AvgIpc) is 3.10. The molecule has 1 heterocycles. The molecule has 0 bridgehead atoms. The van der Waals surface area contributed by atoms with E-state index in [1.165, 1.54) is 11.3 Å². The summed E-state index contributed by atoms with van der Waals surface area (Å²) >= 11 is 1.41. The van der Waals surface area contributed by atoms with Crippen LogP contribution in [0, 0.1) is 0 Å². The van der Waals surface area contributed by atoms with Gasteiger partial charge in [0.2, 0.25) is 0 Å². The summed E-state index contributed by atoms with van der Waals surface area (Å²) in [6.45, 7) is 2.49. The molecule has 1 aromatic heterocycles. The smallest absolute Gasteiger partial charge is 0.261 e. The van der Waals surface area contributed by atoms with E-state index in [1.807, 2.05) is 61.5 Å². The largest absolute Gasteiger partial charge is 0.496 e. The molecular formula is C21H18N2O3S. The number of thiazole rings is 1. The molecule has 0 spiro atoms. The van der Waals surface area contributed by atoms with Crippen molar-refractivity contribution in [3.8, 4) is 11.5 Å². The van der Waals surface area contributed by atoms with Gasteiger partial charge in [-0.15, -0.1) is 0 Å². The number of carbonyl (C=O) groups is 1. The van der Waals surface area contributed by atoms with E-state index in [0.29, 0.717) is 23.1 Å². The number of anilines is 1. The highest BCUT2D eigenvalue weighted by Crippen LogP contribution is 2.33. The van der Waals surface area contributed by atoms with Gasteiger partial charge < -0.3 is 9.47 Å². The number of para-hydroxylation sites is 1. The normalized spacial score (nSPS) is 10.9. The van der Waals surface area contributed by atoms with Crippen molar-refractivity contribution in [3.05, 3.63) is 60.2 Å². The average molecular weight is 378 g/mol. The van der Waals surface area contributed by atoms with Gasteiger partial charge in [-0.2, -0.15) is 0 Å². The molecule has 136 valence electrons. The lowest BCUT2D eigenvalue weighted by Crippen LogP contribution is -2.13. The standard InChI is InChI=1S/C21H18N2O3S/c1-3-26-16-9-6-10-18-19(16)22-21(27-18)23-20(24)15-11-13-7-4-5-8-14(13)12-17(15)25-2/h4-12H,3H2,1-2H3,(H,22,23,24). The van der Waals surface area contributed by atoms with Crippen LogP contribution < -0.4 is 14.8 Å². The second kappa shape index (κ2) is 7.25. The van der Waals surface area contributed by atoms with Crippen LogP contribution in [0.4, 0.5) is 5.13 Å². The summed E-state index contributed by atoms with van der Waals surface area (Å²) in [7, 11) is 1.56. The molecule has 0 fully saturated rings. The van der Waals surface area contributed by atoms with E-state index < -0.39 is 0 Å². The molecule has 1 N–H and O–H groups in total. The number of hydrogen-bond donors (Lipinski definition) is 1. The molecule has 0 aliphatic rings. The van der Waals surface area contributed by atoms with Crippen LogP contribution in [-0.2, 0) is 0 Å². The molecule has 4 aromatic rings. The minimum atomic E-state index is -0.255. The van der Waals surface area contributed by atoms with Gasteiger partial charge in [0.05, 0.1) is 24.0 Å². The number of hydrogen-bond acceptors (Lipinski definition) is 5. The number of nitrogens with zero attached hydrogens (tertiary/aromatic N) is 1. The predicted molar refractivity (Wildman–Crippen MR) is 109 cm³/mol. The Balaban J connectivity index is 1.69. The molecular weight excluding hydrogens is 360 g/mol. The van der Waals surface area contributed by atoms with Gasteiger partial charge in [-0.05, 0) is 42.0 Å². The SMILES string of the molecule is CCOc1cccc2sc(NC(=O)c3cc4ccccc4cc3OC)nc12. The lowest BCUT2D eigenvalue weighted by molar-refractivity contribution is 0.102. The third kappa shape index (κ3) is 3.31. The first kappa shape index (κ1) is 17.3. The summed E-state index contributed by atoms with van der Waals surface area (Å²) < 4.78 is 12.0. The van der Waals surface area contributed by atoms with Crippen LogP contribution in [0.1, 0.15) is 17.3 Å². The monoisotopic (exact) mass is 378 g/mol. The van der Waals surface area contributed by atoms with E-state index in [1.54, 1.807) is 7.11 Å². The van der Waals surface area contributed by atoms with Crippen LogP contribution in [-0.4, -0.2) is 24.6 Å². The maximum absolute atomic E-state index is 12.9. The predicted octanol–water partition coefficient (Wildman–Crippen LogP) is 5.11. The fourth-order valence-corrected chi connectivity index (χ4v) is 3.86. The zero-order chi connectivity index (χ0) is 18.8. The first-order chi connectivity index (χ1) is 13.2. The summed E-state index contributed by atoms with van der Waals surface area (Å²) in [4.78, 5) is 17.4. The number of amides is 1. The van der Waals surface area contributed by atoms with Crippen molar-refractivity contribution in [3.63, 3.8) is 0 Å². The Labute approximate surface area is 160 Å². The Morgan fingerprint density at radius 3 is 2.59 bits per heavy atom. The Kier molecular flexibility index (Phi) is 4.64. The third-order valence-electron chi connectivity index (χ3n) is 4.21. The van der Waals surface area contributed by atoms with Crippen molar-refractivity contribution in [2.24, 2.45) is 0 Å². The van der Waals surface area contributed by atoms with Crippen LogP contribution >= 0.6 is 11.3 Å². The summed E-state index contributed by atoms with van der Waals surface area (Å²) in [5.41, 5.74) is 1.23. The number of nitrogens with one attached hydrogen (secondary N) is 1. The quantitative estimate of drug-likeness (QED) is 0.524. The van der Waals surface area contributed by atoms with E-state index in [2.05, 4.69) is 10.3 Å². The maximum Gasteiger partial charge on any atom is 0.261 e. The number of ether oxygens (including phenoxy) is 2. The molecule has 3 aromatic carbocycles. The summed E-state index contributed by atoms with van der Waals surface area (Å²) in [5.74, 6) is 0.993. The van der Waals surface area contributed by atoms with Crippen molar-refractivity contribution >= 4 is 43.4 Å². The van der Waals surface area contributed by atoms with Crippen LogP contribution in [0.3, 0.4) is 0 Å². The summed E-state index contributed by atoms with van der Waals surface area (Å²) in [5, 5.41) is 5.41. The molecule has 4 rings (SSSR count). The van der Waals surface area contributed by atoms with Crippen molar-refractivity contribution in [2.45, 2.75) is 6.92 Å². The molecule has 1 amide bonds. The second-order valence-corrected chi connectivity index (χ2v) is 6.94. The molecule has 0 aliphatic heterocycles. The zero-order valence-corrected chi connectivity index (χ0v) is 15.8. The molecule has 0 saturated carbocycles. The minimum absolute atomic E-state index is 0.255. The Morgan fingerprint density at radius 1 is 1.07 bits per heavy atom. The first-order valence-electron chi connectivity index (χ1n) is 8.60. The van der Waals surface area contributed by atoms with E-state index in [4.69, 9.17) is 9.47 Å². The van der Waals surface area contributed by atoms with Gasteiger partial charge in [0.15, 0.2) is 5.13 Å². The molecule has 0 aliphatic carbocycles. The van der Waals surface area contributed by atoms with Crippen LogP contribution in [0.5, 0.6) is 11.5 Å². The van der Waals surface area contributed by atoms with Gasteiger partial charge in [-0.1, -0.05) is 41.7 Å². The lowest BCUT2D eigenvalue weighted by atomic mass is 10.1. The first-order valence-corrected chi connectivity index (χ1v) is 9.41. The molecule has 0 saturated heterocycles. The lowest BCUT2D eigenvalue weighted by Gasteiger charge is -2.10. The highest BCUT2D eigenvalue weighted by atomic mass is 32.1. The van der Waals surface area contributed by atoms with Gasteiger partial charge >= 0.3 is 0 Å². The van der Waals surface area contributed by atoms with Crippen LogP contribution in [0.25, 0.3) is 21.0 Å². The van der Waals surface area contributed by atoms with Gasteiger partial charge in [0, 0.05) is 0 Å². The number of methoxy groups -OCH3 is 1. The van der Waals surface area contributed by atoms with E-state index in [-0.39, 0.29) is 5.91 Å². The number of benzene rings is 3. The molecule has 0 radical (unpaired) electrons. The van der Waals surface area contributed by atoms with E-state index in [9.17, 15) is 4.79 Å². The fraction of sp³-hybridized carbons (Fsp3) is 0.143. The van der Waals surface area contributed by atoms with Gasteiger partial charge in [-0.25, -0.2) is 4.98 Å². The molecule has 0 unspecified atom stereocenters. The van der Waals surface area contributed by atoms with E-state index in [0.717, 1.165) is 26.7 Å². The topological polar surface area (TPSA) is 60.5 Å². The second-order valence-electron chi connectivity index (χ2n) is 5.91. The highest BCUT2D eigenvalue weighted by Gasteiger charge is 2.16. The maximum atomic E-state index is 12.9. The summed E-state index contributed by atoms with van der Waals surface area (Å²) in [6, 6.07) is 17.3. The van der Waals surface area contributed by atoms with Crippen molar-refractivity contribution in [1.29, 1.82) is 0 Å².